The SMILES string of the molecule is CC(C)[C@H](NC(=O)CCCC(=O)N(C)C)C(=O)C[C@@H](CCCNC(N)=O)C(=O)O. The van der Waals surface area contributed by atoms with Gasteiger partial charge in [-0.15, -0.1) is 0 Å². The molecule has 0 bridgehead atoms. The summed E-state index contributed by atoms with van der Waals surface area (Å²) in [6.07, 6.45) is 1.07. The van der Waals surface area contributed by atoms with Crippen LogP contribution in [0.2, 0.25) is 0 Å². The second-order valence-electron chi connectivity index (χ2n) is 7.57. The zero-order chi connectivity index (χ0) is 22.6. The highest BCUT2D eigenvalue weighted by Gasteiger charge is 2.29. The van der Waals surface area contributed by atoms with Gasteiger partial charge < -0.3 is 26.4 Å². The summed E-state index contributed by atoms with van der Waals surface area (Å²) in [4.78, 5) is 59.9. The Morgan fingerprint density at radius 2 is 1.66 bits per heavy atom. The molecule has 0 heterocycles. The van der Waals surface area contributed by atoms with Crippen molar-refractivity contribution in [3.8, 4) is 0 Å². The van der Waals surface area contributed by atoms with Crippen molar-refractivity contribution in [2.45, 2.75) is 58.4 Å². The molecule has 0 unspecified atom stereocenters. The monoisotopic (exact) mass is 414 g/mol. The lowest BCUT2D eigenvalue weighted by molar-refractivity contribution is -0.144. The third-order valence-electron chi connectivity index (χ3n) is 4.45. The largest absolute Gasteiger partial charge is 0.481 e. The van der Waals surface area contributed by atoms with E-state index in [1.807, 2.05) is 0 Å². The highest BCUT2D eigenvalue weighted by Crippen LogP contribution is 2.16. The van der Waals surface area contributed by atoms with Crippen LogP contribution in [0.15, 0.2) is 0 Å². The fourth-order valence-corrected chi connectivity index (χ4v) is 2.73. The van der Waals surface area contributed by atoms with Crippen LogP contribution in [-0.2, 0) is 19.2 Å². The molecule has 0 aliphatic heterocycles. The van der Waals surface area contributed by atoms with E-state index in [4.69, 9.17) is 5.73 Å². The van der Waals surface area contributed by atoms with E-state index in [0.29, 0.717) is 12.8 Å². The Morgan fingerprint density at radius 1 is 1.03 bits per heavy atom. The minimum absolute atomic E-state index is 0.0792. The molecule has 0 aromatic heterocycles. The molecule has 0 saturated carbocycles. The molecule has 4 amide bonds. The number of rotatable bonds is 14. The molecule has 5 N–H and O–H groups in total. The second kappa shape index (κ2) is 13.5. The van der Waals surface area contributed by atoms with Crippen molar-refractivity contribution in [3.05, 3.63) is 0 Å². The number of Topliss-reactive ketones (excluding diaryl/α,β-unsaturated/α-hetero) is 1. The molecule has 0 aliphatic rings. The number of primary amides is 1. The summed E-state index contributed by atoms with van der Waals surface area (Å²) in [6, 6.07) is -1.49. The number of amides is 4. The second-order valence-corrected chi connectivity index (χ2v) is 7.57. The predicted molar refractivity (Wildman–Crippen MR) is 107 cm³/mol. The first-order chi connectivity index (χ1) is 13.5. The zero-order valence-electron chi connectivity index (χ0n) is 17.7. The average Bonchev–Trinajstić information content (AvgIpc) is 2.61. The van der Waals surface area contributed by atoms with Crippen molar-refractivity contribution in [2.24, 2.45) is 17.6 Å². The first kappa shape index (κ1) is 26.4. The maximum atomic E-state index is 12.6. The fraction of sp³-hybridized carbons (Fsp3) is 0.737. The molecule has 0 aromatic carbocycles. The van der Waals surface area contributed by atoms with Gasteiger partial charge in [0.15, 0.2) is 5.78 Å². The average molecular weight is 415 g/mol. The lowest BCUT2D eigenvalue weighted by Gasteiger charge is -2.23. The number of nitrogens with two attached hydrogens (primary N) is 1. The van der Waals surface area contributed by atoms with Crippen molar-refractivity contribution in [2.75, 3.05) is 20.6 Å². The van der Waals surface area contributed by atoms with Crippen LogP contribution in [-0.4, -0.2) is 66.3 Å². The van der Waals surface area contributed by atoms with Gasteiger partial charge in [-0.25, -0.2) is 4.79 Å². The number of carboxylic acid groups (broad SMARTS) is 1. The van der Waals surface area contributed by atoms with E-state index in [1.54, 1.807) is 27.9 Å². The zero-order valence-corrected chi connectivity index (χ0v) is 17.7. The van der Waals surface area contributed by atoms with Crippen LogP contribution < -0.4 is 16.4 Å². The quantitative estimate of drug-likeness (QED) is 0.303. The van der Waals surface area contributed by atoms with Gasteiger partial charge in [-0.05, 0) is 25.2 Å². The molecule has 0 aliphatic carbocycles. The number of carbonyl (C=O) groups excluding carboxylic acids is 4. The summed E-state index contributed by atoms with van der Waals surface area (Å²) in [5.41, 5.74) is 4.95. The number of carbonyl (C=O) groups is 5. The first-order valence-corrected chi connectivity index (χ1v) is 9.74. The third kappa shape index (κ3) is 11.7. The van der Waals surface area contributed by atoms with E-state index >= 15 is 0 Å². The summed E-state index contributed by atoms with van der Waals surface area (Å²) in [7, 11) is 3.28. The molecule has 10 nitrogen and oxygen atoms in total. The molecule has 0 radical (unpaired) electrons. The Kier molecular flexibility index (Phi) is 12.3. The van der Waals surface area contributed by atoms with Crippen LogP contribution in [0.1, 0.15) is 52.4 Å². The molecule has 0 fully saturated rings. The molecule has 0 spiro atoms. The first-order valence-electron chi connectivity index (χ1n) is 9.74. The fourth-order valence-electron chi connectivity index (χ4n) is 2.73. The van der Waals surface area contributed by atoms with Gasteiger partial charge in [0.2, 0.25) is 11.8 Å². The smallest absolute Gasteiger partial charge is 0.312 e. The number of nitrogens with zero attached hydrogens (tertiary/aromatic N) is 1. The van der Waals surface area contributed by atoms with Gasteiger partial charge in [-0.2, -0.15) is 0 Å². The normalized spacial score (nSPS) is 12.7. The molecule has 29 heavy (non-hydrogen) atoms. The molecule has 10 heteroatoms. The third-order valence-corrected chi connectivity index (χ3v) is 4.45. The van der Waals surface area contributed by atoms with Gasteiger partial charge in [0.05, 0.1) is 12.0 Å². The van der Waals surface area contributed by atoms with Crippen molar-refractivity contribution in [1.82, 2.24) is 15.5 Å². The van der Waals surface area contributed by atoms with Crippen molar-refractivity contribution >= 4 is 29.6 Å². The number of ketones is 1. The molecule has 0 aromatic rings. The van der Waals surface area contributed by atoms with Gasteiger partial charge >= 0.3 is 12.0 Å². The Balaban J connectivity index is 4.68. The lowest BCUT2D eigenvalue weighted by Crippen LogP contribution is -2.45. The topological polar surface area (TPSA) is 159 Å². The molecule has 0 saturated heterocycles. The maximum absolute atomic E-state index is 12.6. The molecule has 2 atom stereocenters. The number of carboxylic acids is 1. The van der Waals surface area contributed by atoms with Gasteiger partial charge in [-0.1, -0.05) is 13.8 Å². The van der Waals surface area contributed by atoms with Gasteiger partial charge in [0.1, 0.15) is 0 Å². The number of urea groups is 1. The molecular formula is C19H34N4O6. The van der Waals surface area contributed by atoms with Crippen LogP contribution in [0.4, 0.5) is 4.79 Å². The van der Waals surface area contributed by atoms with Gasteiger partial charge in [0, 0.05) is 39.9 Å². The Morgan fingerprint density at radius 3 is 2.14 bits per heavy atom. The Hall–Kier alpha value is -2.65. The molecular weight excluding hydrogens is 380 g/mol. The lowest BCUT2D eigenvalue weighted by atomic mass is 9.90. The van der Waals surface area contributed by atoms with Crippen LogP contribution in [0.5, 0.6) is 0 Å². The Bertz CT molecular complexity index is 591. The van der Waals surface area contributed by atoms with Gasteiger partial charge in [0.25, 0.3) is 0 Å². The summed E-state index contributed by atoms with van der Waals surface area (Å²) in [5, 5.41) is 14.4. The Labute approximate surface area is 171 Å². The van der Waals surface area contributed by atoms with E-state index in [1.165, 1.54) is 4.90 Å². The van der Waals surface area contributed by atoms with E-state index in [0.717, 1.165) is 0 Å². The number of hydrogen-bond donors (Lipinski definition) is 4. The van der Waals surface area contributed by atoms with Crippen LogP contribution in [0.3, 0.4) is 0 Å². The van der Waals surface area contributed by atoms with Crippen molar-refractivity contribution in [1.29, 1.82) is 0 Å². The van der Waals surface area contributed by atoms with E-state index in [2.05, 4.69) is 10.6 Å². The maximum Gasteiger partial charge on any atom is 0.312 e. The standard InChI is InChI=1S/C19H34N4O6/c1-12(2)17(22-15(25)8-5-9-16(26)23(3)4)14(24)11-13(18(27)28)7-6-10-21-19(20)29/h12-13,17H,5-11H2,1-4H3,(H,22,25)(H,27,28)(H3,20,21,29)/t13-,17+/m1/s1. The van der Waals surface area contributed by atoms with E-state index < -0.39 is 24.0 Å². The molecule has 0 rings (SSSR count). The summed E-state index contributed by atoms with van der Waals surface area (Å²) < 4.78 is 0. The summed E-state index contributed by atoms with van der Waals surface area (Å²) in [5.74, 6) is -3.00. The van der Waals surface area contributed by atoms with Crippen LogP contribution in [0, 0.1) is 11.8 Å². The van der Waals surface area contributed by atoms with E-state index in [-0.39, 0.29) is 55.7 Å². The number of nitrogens with one attached hydrogen (secondary N) is 2. The van der Waals surface area contributed by atoms with Crippen molar-refractivity contribution in [3.63, 3.8) is 0 Å². The molecule has 166 valence electrons. The minimum Gasteiger partial charge on any atom is -0.481 e. The predicted octanol–water partition coefficient (Wildman–Crippen LogP) is 0.494. The van der Waals surface area contributed by atoms with Gasteiger partial charge in [-0.3, -0.25) is 19.2 Å². The summed E-state index contributed by atoms with van der Waals surface area (Å²) >= 11 is 0. The highest BCUT2D eigenvalue weighted by molar-refractivity contribution is 5.91. The number of hydrogen-bond acceptors (Lipinski definition) is 5. The van der Waals surface area contributed by atoms with E-state index in [9.17, 15) is 29.1 Å². The van der Waals surface area contributed by atoms with Crippen LogP contribution >= 0.6 is 0 Å². The van der Waals surface area contributed by atoms with Crippen molar-refractivity contribution < 1.29 is 29.1 Å². The highest BCUT2D eigenvalue weighted by atomic mass is 16.4. The number of aliphatic carboxylic acids is 1. The van der Waals surface area contributed by atoms with Crippen LogP contribution in [0.25, 0.3) is 0 Å². The minimum atomic E-state index is -1.10. The summed E-state index contributed by atoms with van der Waals surface area (Å²) in [6.45, 7) is 3.76.